The van der Waals surface area contributed by atoms with Gasteiger partial charge in [-0.25, -0.2) is 9.37 Å². The van der Waals surface area contributed by atoms with Crippen LogP contribution in [0.1, 0.15) is 45.1 Å². The van der Waals surface area contributed by atoms with Gasteiger partial charge in [-0.15, -0.1) is 11.6 Å². The summed E-state index contributed by atoms with van der Waals surface area (Å²) in [6.07, 6.45) is 6.18. The van der Waals surface area contributed by atoms with Crippen molar-refractivity contribution in [2.45, 2.75) is 51.5 Å². The van der Waals surface area contributed by atoms with E-state index in [1.807, 2.05) is 11.9 Å². The van der Waals surface area contributed by atoms with Crippen molar-refractivity contribution in [3.05, 3.63) is 23.6 Å². The zero-order valence-electron chi connectivity index (χ0n) is 11.9. The maximum absolute atomic E-state index is 14.2. The summed E-state index contributed by atoms with van der Waals surface area (Å²) in [5, 5.41) is 0. The van der Waals surface area contributed by atoms with Crippen molar-refractivity contribution in [1.82, 2.24) is 4.98 Å². The van der Waals surface area contributed by atoms with Crippen molar-refractivity contribution in [2.24, 2.45) is 5.41 Å². The van der Waals surface area contributed by atoms with Crippen LogP contribution in [-0.4, -0.2) is 18.1 Å². The Bertz CT molecular complexity index is 438. The van der Waals surface area contributed by atoms with Crippen molar-refractivity contribution in [1.29, 1.82) is 0 Å². The van der Waals surface area contributed by atoms with Gasteiger partial charge in [0.25, 0.3) is 0 Å². The fourth-order valence-corrected chi connectivity index (χ4v) is 2.97. The largest absolute Gasteiger partial charge is 0.354 e. The van der Waals surface area contributed by atoms with E-state index in [0.29, 0.717) is 22.8 Å². The standard InChI is InChI=1S/C15H22ClFN2/c1-15(2)7-4-12(5-8-15)19(3)14-13(17)11(10-16)6-9-18-14/h6,9,12H,4-5,7-8,10H2,1-3H3. The van der Waals surface area contributed by atoms with Gasteiger partial charge < -0.3 is 4.90 Å². The molecule has 0 amide bonds. The third kappa shape index (κ3) is 3.19. The Labute approximate surface area is 120 Å². The van der Waals surface area contributed by atoms with Crippen LogP contribution in [-0.2, 0) is 5.88 Å². The van der Waals surface area contributed by atoms with Crippen molar-refractivity contribution < 1.29 is 4.39 Å². The highest BCUT2D eigenvalue weighted by molar-refractivity contribution is 6.17. The predicted octanol–water partition coefficient (Wildman–Crippen LogP) is 4.36. The van der Waals surface area contributed by atoms with E-state index < -0.39 is 0 Å². The molecule has 4 heteroatoms. The van der Waals surface area contributed by atoms with Crippen LogP contribution in [0.25, 0.3) is 0 Å². The maximum atomic E-state index is 14.2. The van der Waals surface area contributed by atoms with Gasteiger partial charge in [0.15, 0.2) is 11.6 Å². The number of hydrogen-bond acceptors (Lipinski definition) is 2. The third-order valence-electron chi connectivity index (χ3n) is 4.29. The molecule has 0 atom stereocenters. The van der Waals surface area contributed by atoms with Gasteiger partial charge in [0.05, 0.1) is 5.88 Å². The smallest absolute Gasteiger partial charge is 0.170 e. The van der Waals surface area contributed by atoms with Crippen LogP contribution in [0.4, 0.5) is 10.2 Å². The molecule has 2 rings (SSSR count). The topological polar surface area (TPSA) is 16.1 Å². The van der Waals surface area contributed by atoms with Crippen molar-refractivity contribution in [3.8, 4) is 0 Å². The van der Waals surface area contributed by atoms with Gasteiger partial charge in [0, 0.05) is 24.8 Å². The number of hydrogen-bond donors (Lipinski definition) is 0. The number of pyridine rings is 1. The second kappa shape index (κ2) is 5.66. The van der Waals surface area contributed by atoms with Crippen LogP contribution in [0, 0.1) is 11.2 Å². The Kier molecular flexibility index (Phi) is 4.34. The minimum Gasteiger partial charge on any atom is -0.354 e. The molecule has 0 spiro atoms. The first kappa shape index (κ1) is 14.6. The van der Waals surface area contributed by atoms with E-state index in [9.17, 15) is 4.39 Å². The third-order valence-corrected chi connectivity index (χ3v) is 4.57. The fourth-order valence-electron chi connectivity index (χ4n) is 2.76. The summed E-state index contributed by atoms with van der Waals surface area (Å²) in [5.74, 6) is 0.347. The van der Waals surface area contributed by atoms with Gasteiger partial charge in [-0.05, 0) is 37.2 Å². The first-order valence-electron chi connectivity index (χ1n) is 6.87. The first-order chi connectivity index (χ1) is 8.94. The zero-order valence-corrected chi connectivity index (χ0v) is 12.7. The summed E-state index contributed by atoms with van der Waals surface area (Å²) < 4.78 is 14.2. The second-order valence-corrected chi connectivity index (χ2v) is 6.51. The average molecular weight is 285 g/mol. The molecule has 1 aliphatic rings. The number of aromatic nitrogens is 1. The highest BCUT2D eigenvalue weighted by atomic mass is 35.5. The number of rotatable bonds is 3. The number of halogens is 2. The van der Waals surface area contributed by atoms with Crippen LogP contribution in [0.3, 0.4) is 0 Å². The SMILES string of the molecule is CN(c1nccc(CCl)c1F)C1CCC(C)(C)CC1. The molecule has 0 bridgehead atoms. The summed E-state index contributed by atoms with van der Waals surface area (Å²) in [6, 6.07) is 2.02. The number of alkyl halides is 1. The average Bonchev–Trinajstić information content (AvgIpc) is 2.38. The Morgan fingerprint density at radius 3 is 2.63 bits per heavy atom. The molecule has 1 aromatic heterocycles. The molecule has 1 saturated carbocycles. The summed E-state index contributed by atoms with van der Waals surface area (Å²) in [7, 11) is 1.94. The summed E-state index contributed by atoms with van der Waals surface area (Å²) in [6.45, 7) is 4.60. The predicted molar refractivity (Wildman–Crippen MR) is 78.2 cm³/mol. The van der Waals surface area contributed by atoms with Crippen molar-refractivity contribution >= 4 is 17.4 Å². The number of anilines is 1. The van der Waals surface area contributed by atoms with Gasteiger partial charge in [0.2, 0.25) is 0 Å². The minimum absolute atomic E-state index is 0.187. The van der Waals surface area contributed by atoms with Crippen LogP contribution < -0.4 is 4.90 Å². The van der Waals surface area contributed by atoms with Gasteiger partial charge in [0.1, 0.15) is 0 Å². The molecule has 0 aliphatic heterocycles. The highest BCUT2D eigenvalue weighted by Gasteiger charge is 2.30. The molecule has 0 N–H and O–H groups in total. The van der Waals surface area contributed by atoms with E-state index in [1.54, 1.807) is 12.3 Å². The number of nitrogens with zero attached hydrogens (tertiary/aromatic N) is 2. The highest BCUT2D eigenvalue weighted by Crippen LogP contribution is 2.37. The lowest BCUT2D eigenvalue weighted by Gasteiger charge is -2.39. The van der Waals surface area contributed by atoms with Gasteiger partial charge in [-0.3, -0.25) is 0 Å². The Balaban J connectivity index is 2.14. The monoisotopic (exact) mass is 284 g/mol. The maximum Gasteiger partial charge on any atom is 0.170 e. The zero-order chi connectivity index (χ0) is 14.0. The quantitative estimate of drug-likeness (QED) is 0.767. The van der Waals surface area contributed by atoms with Gasteiger partial charge in [-0.2, -0.15) is 0 Å². The van der Waals surface area contributed by atoms with Gasteiger partial charge in [-0.1, -0.05) is 13.8 Å². The molecule has 1 heterocycles. The molecule has 1 fully saturated rings. The Morgan fingerprint density at radius 2 is 2.05 bits per heavy atom. The van der Waals surface area contributed by atoms with Crippen LogP contribution in [0.15, 0.2) is 12.3 Å². The normalized spacial score (nSPS) is 19.4. The van der Waals surface area contributed by atoms with E-state index in [0.717, 1.165) is 12.8 Å². The molecular formula is C15H22ClFN2. The van der Waals surface area contributed by atoms with E-state index >= 15 is 0 Å². The molecule has 19 heavy (non-hydrogen) atoms. The summed E-state index contributed by atoms with van der Waals surface area (Å²) >= 11 is 5.75. The molecule has 2 nitrogen and oxygen atoms in total. The molecule has 0 unspecified atom stereocenters. The second-order valence-electron chi connectivity index (χ2n) is 6.25. The summed E-state index contributed by atoms with van der Waals surface area (Å²) in [5.41, 5.74) is 0.941. The lowest BCUT2D eigenvalue weighted by Crippen LogP contribution is -2.38. The van der Waals surface area contributed by atoms with Crippen LogP contribution >= 0.6 is 11.6 Å². The molecule has 1 aromatic rings. The minimum atomic E-state index is -0.273. The van der Waals surface area contributed by atoms with E-state index in [2.05, 4.69) is 18.8 Å². The van der Waals surface area contributed by atoms with E-state index in [1.165, 1.54) is 12.8 Å². The molecule has 1 aliphatic carbocycles. The molecule has 0 radical (unpaired) electrons. The molecule has 0 saturated heterocycles. The lowest BCUT2D eigenvalue weighted by molar-refractivity contribution is 0.222. The van der Waals surface area contributed by atoms with E-state index in [-0.39, 0.29) is 11.7 Å². The van der Waals surface area contributed by atoms with Crippen LogP contribution in [0.5, 0.6) is 0 Å². The first-order valence-corrected chi connectivity index (χ1v) is 7.40. The van der Waals surface area contributed by atoms with Crippen molar-refractivity contribution in [2.75, 3.05) is 11.9 Å². The molecule has 106 valence electrons. The van der Waals surface area contributed by atoms with Crippen LogP contribution in [0.2, 0.25) is 0 Å². The Morgan fingerprint density at radius 1 is 1.42 bits per heavy atom. The fraction of sp³-hybridized carbons (Fsp3) is 0.667. The summed E-state index contributed by atoms with van der Waals surface area (Å²) in [4.78, 5) is 6.18. The van der Waals surface area contributed by atoms with E-state index in [4.69, 9.17) is 11.6 Å². The Hall–Kier alpha value is -0.830. The molecule has 0 aromatic carbocycles. The van der Waals surface area contributed by atoms with Crippen molar-refractivity contribution in [3.63, 3.8) is 0 Å². The molecular weight excluding hydrogens is 263 g/mol. The van der Waals surface area contributed by atoms with Gasteiger partial charge >= 0.3 is 0 Å². The lowest BCUT2D eigenvalue weighted by atomic mass is 9.75.